The summed E-state index contributed by atoms with van der Waals surface area (Å²) in [6.45, 7) is 4.00. The molecular formula is C18H19N5O2. The highest BCUT2D eigenvalue weighted by Gasteiger charge is 2.31. The van der Waals surface area contributed by atoms with Crippen molar-refractivity contribution in [3.63, 3.8) is 0 Å². The summed E-state index contributed by atoms with van der Waals surface area (Å²) >= 11 is 0. The van der Waals surface area contributed by atoms with Crippen molar-refractivity contribution in [3.8, 4) is 0 Å². The highest BCUT2D eigenvalue weighted by Crippen LogP contribution is 2.26. The van der Waals surface area contributed by atoms with Crippen molar-refractivity contribution in [1.29, 1.82) is 0 Å². The number of amides is 1. The molecule has 0 saturated carbocycles. The number of hydrogen-bond acceptors (Lipinski definition) is 5. The van der Waals surface area contributed by atoms with Gasteiger partial charge >= 0.3 is 0 Å². The van der Waals surface area contributed by atoms with E-state index in [4.69, 9.17) is 4.52 Å². The molecule has 0 fully saturated rings. The van der Waals surface area contributed by atoms with E-state index >= 15 is 0 Å². The van der Waals surface area contributed by atoms with Gasteiger partial charge in [-0.05, 0) is 12.5 Å². The molecule has 1 aliphatic rings. The van der Waals surface area contributed by atoms with Crippen LogP contribution in [0.1, 0.15) is 23.2 Å². The maximum atomic E-state index is 13.0. The first-order chi connectivity index (χ1) is 12.2. The maximum absolute atomic E-state index is 13.0. The number of rotatable bonds is 4. The lowest BCUT2D eigenvalue weighted by Crippen LogP contribution is -2.42. The van der Waals surface area contributed by atoms with Gasteiger partial charge in [-0.15, -0.1) is 0 Å². The van der Waals surface area contributed by atoms with E-state index in [0.717, 1.165) is 24.5 Å². The first-order valence-corrected chi connectivity index (χ1v) is 8.24. The summed E-state index contributed by atoms with van der Waals surface area (Å²) in [6.07, 6.45) is 3.77. The Morgan fingerprint density at radius 2 is 2.12 bits per heavy atom. The monoisotopic (exact) mass is 337 g/mol. The average Bonchev–Trinajstić information content (AvgIpc) is 3.24. The number of nitrogens with one attached hydrogen (secondary N) is 1. The normalized spacial score (nSPS) is 15.6. The fraction of sp³-hybridized carbons (Fsp3) is 0.278. The van der Waals surface area contributed by atoms with E-state index in [1.165, 1.54) is 0 Å². The molecule has 0 saturated heterocycles. The molecule has 1 aromatic carbocycles. The second-order valence-corrected chi connectivity index (χ2v) is 6.13. The van der Waals surface area contributed by atoms with E-state index in [9.17, 15) is 4.79 Å². The van der Waals surface area contributed by atoms with E-state index in [-0.39, 0.29) is 5.91 Å². The zero-order valence-corrected chi connectivity index (χ0v) is 13.9. The van der Waals surface area contributed by atoms with Crippen molar-refractivity contribution in [2.24, 2.45) is 0 Å². The Labute approximate surface area is 145 Å². The Morgan fingerprint density at radius 1 is 1.28 bits per heavy atom. The van der Waals surface area contributed by atoms with Crippen LogP contribution in [0.25, 0.3) is 0 Å². The summed E-state index contributed by atoms with van der Waals surface area (Å²) in [5.41, 5.74) is 0.945. The van der Waals surface area contributed by atoms with Crippen LogP contribution in [0.5, 0.6) is 0 Å². The first kappa shape index (κ1) is 15.6. The molecule has 1 amide bonds. The number of carbonyl (C=O) groups is 1. The van der Waals surface area contributed by atoms with Gasteiger partial charge in [0.2, 0.25) is 5.91 Å². The molecule has 3 aromatic rings. The molecule has 0 spiro atoms. The van der Waals surface area contributed by atoms with Crippen LogP contribution in [0.2, 0.25) is 0 Å². The van der Waals surface area contributed by atoms with Crippen molar-refractivity contribution >= 4 is 11.7 Å². The minimum atomic E-state index is -0.413. The van der Waals surface area contributed by atoms with Gasteiger partial charge in [0, 0.05) is 31.5 Å². The number of imidazole rings is 1. The lowest BCUT2D eigenvalue weighted by Gasteiger charge is -2.34. The lowest BCUT2D eigenvalue weighted by atomic mass is 10.0. The Bertz CT molecular complexity index is 870. The van der Waals surface area contributed by atoms with Crippen LogP contribution in [0, 0.1) is 6.92 Å². The quantitative estimate of drug-likeness (QED) is 0.791. The van der Waals surface area contributed by atoms with E-state index in [1.54, 1.807) is 19.2 Å². The molecule has 4 rings (SSSR count). The van der Waals surface area contributed by atoms with Crippen LogP contribution in [0.3, 0.4) is 0 Å². The molecule has 1 aliphatic heterocycles. The summed E-state index contributed by atoms with van der Waals surface area (Å²) < 4.78 is 7.16. The van der Waals surface area contributed by atoms with Crippen LogP contribution in [0.15, 0.2) is 53.3 Å². The Hall–Kier alpha value is -2.93. The SMILES string of the molecule is Cc1cc(NC(=O)C(c2ccccc2)N2CCn3ccnc3C2)no1. The standard InChI is InChI=1S/C18H19N5O2/c1-13-11-15(21-25-13)20-18(24)17(14-5-3-2-4-6-14)23-10-9-22-8-7-19-16(22)12-23/h2-8,11,17H,9-10,12H2,1H3,(H,20,21,24). The van der Waals surface area contributed by atoms with E-state index in [1.807, 2.05) is 36.5 Å². The number of benzene rings is 1. The van der Waals surface area contributed by atoms with E-state index < -0.39 is 6.04 Å². The number of hydrogen-bond donors (Lipinski definition) is 1. The number of nitrogens with zero attached hydrogens (tertiary/aromatic N) is 4. The third kappa shape index (κ3) is 3.18. The van der Waals surface area contributed by atoms with Gasteiger partial charge in [0.05, 0.1) is 6.54 Å². The molecule has 7 heteroatoms. The van der Waals surface area contributed by atoms with Gasteiger partial charge < -0.3 is 14.4 Å². The molecule has 1 N–H and O–H groups in total. The van der Waals surface area contributed by atoms with Crippen molar-refractivity contribution < 1.29 is 9.32 Å². The lowest BCUT2D eigenvalue weighted by molar-refractivity contribution is -0.122. The first-order valence-electron chi connectivity index (χ1n) is 8.24. The molecule has 0 bridgehead atoms. The minimum Gasteiger partial charge on any atom is -0.360 e. The summed E-state index contributed by atoms with van der Waals surface area (Å²) in [4.78, 5) is 19.5. The number of fused-ring (bicyclic) bond motifs is 1. The summed E-state index contributed by atoms with van der Waals surface area (Å²) in [7, 11) is 0. The fourth-order valence-corrected chi connectivity index (χ4v) is 3.20. The van der Waals surface area contributed by atoms with Gasteiger partial charge in [-0.1, -0.05) is 35.5 Å². The molecule has 128 valence electrons. The van der Waals surface area contributed by atoms with Crippen molar-refractivity contribution in [2.75, 3.05) is 11.9 Å². The molecule has 1 unspecified atom stereocenters. The summed E-state index contributed by atoms with van der Waals surface area (Å²) in [6, 6.07) is 11.1. The molecule has 0 radical (unpaired) electrons. The number of aromatic nitrogens is 3. The summed E-state index contributed by atoms with van der Waals surface area (Å²) in [5.74, 6) is 1.94. The number of carbonyl (C=O) groups excluding carboxylic acids is 1. The third-order valence-electron chi connectivity index (χ3n) is 4.38. The topological polar surface area (TPSA) is 76.2 Å². The molecule has 3 heterocycles. The molecule has 7 nitrogen and oxygen atoms in total. The highest BCUT2D eigenvalue weighted by atomic mass is 16.5. The van der Waals surface area contributed by atoms with Crippen molar-refractivity contribution in [2.45, 2.75) is 26.1 Å². The zero-order chi connectivity index (χ0) is 17.2. The molecule has 2 aromatic heterocycles. The second-order valence-electron chi connectivity index (χ2n) is 6.13. The molecule has 0 aliphatic carbocycles. The van der Waals surface area contributed by atoms with Gasteiger partial charge in [0.15, 0.2) is 5.82 Å². The van der Waals surface area contributed by atoms with Gasteiger partial charge in [0.1, 0.15) is 17.6 Å². The fourth-order valence-electron chi connectivity index (χ4n) is 3.20. The highest BCUT2D eigenvalue weighted by molar-refractivity contribution is 5.94. The minimum absolute atomic E-state index is 0.125. The Morgan fingerprint density at radius 3 is 2.88 bits per heavy atom. The van der Waals surface area contributed by atoms with Crippen LogP contribution >= 0.6 is 0 Å². The van der Waals surface area contributed by atoms with Gasteiger partial charge in [-0.25, -0.2) is 4.98 Å². The Kier molecular flexibility index (Phi) is 4.07. The zero-order valence-electron chi connectivity index (χ0n) is 13.9. The number of anilines is 1. The molecule has 1 atom stereocenters. The Balaban J connectivity index is 1.62. The van der Waals surface area contributed by atoms with Crippen LogP contribution in [-0.4, -0.2) is 32.1 Å². The van der Waals surface area contributed by atoms with Gasteiger partial charge in [0.25, 0.3) is 0 Å². The number of aryl methyl sites for hydroxylation is 1. The summed E-state index contributed by atoms with van der Waals surface area (Å²) in [5, 5.41) is 6.73. The van der Waals surface area contributed by atoms with Crippen molar-refractivity contribution in [1.82, 2.24) is 19.6 Å². The molecule has 25 heavy (non-hydrogen) atoms. The average molecular weight is 337 g/mol. The smallest absolute Gasteiger partial charge is 0.247 e. The van der Waals surface area contributed by atoms with Crippen LogP contribution < -0.4 is 5.32 Å². The second kappa shape index (κ2) is 6.52. The van der Waals surface area contributed by atoms with Gasteiger partial charge in [-0.2, -0.15) is 0 Å². The van der Waals surface area contributed by atoms with Crippen molar-refractivity contribution in [3.05, 3.63) is 65.9 Å². The van der Waals surface area contributed by atoms with E-state index in [2.05, 4.69) is 24.9 Å². The van der Waals surface area contributed by atoms with Crippen LogP contribution in [0.4, 0.5) is 5.82 Å². The predicted molar refractivity (Wildman–Crippen MR) is 91.7 cm³/mol. The largest absolute Gasteiger partial charge is 0.360 e. The van der Waals surface area contributed by atoms with Crippen LogP contribution in [-0.2, 0) is 17.9 Å². The third-order valence-corrected chi connectivity index (χ3v) is 4.38. The maximum Gasteiger partial charge on any atom is 0.247 e. The van der Waals surface area contributed by atoms with Gasteiger partial charge in [-0.3, -0.25) is 9.69 Å². The van der Waals surface area contributed by atoms with E-state index in [0.29, 0.717) is 18.1 Å². The molecular weight excluding hydrogens is 318 g/mol. The predicted octanol–water partition coefficient (Wildman–Crippen LogP) is 2.38.